The number of ether oxygens (including phenoxy) is 1. The fourth-order valence-corrected chi connectivity index (χ4v) is 3.45. The van der Waals surface area contributed by atoms with Crippen LogP contribution < -0.4 is 5.32 Å². The first-order valence-electron chi connectivity index (χ1n) is 6.53. The first-order valence-corrected chi connectivity index (χ1v) is 7.41. The zero-order chi connectivity index (χ0) is 13.8. The Balaban J connectivity index is 1.86. The van der Waals surface area contributed by atoms with Crippen molar-refractivity contribution in [3.05, 3.63) is 66.2 Å². The predicted octanol–water partition coefficient (Wildman–Crippen LogP) is 3.63. The van der Waals surface area contributed by atoms with Crippen LogP contribution in [0.1, 0.15) is 10.8 Å². The number of alkyl carbamates (subject to hydrolysis) is 1. The highest BCUT2D eigenvalue weighted by atomic mass is 32.2. The van der Waals surface area contributed by atoms with Gasteiger partial charge in [0.15, 0.2) is 0 Å². The van der Waals surface area contributed by atoms with Crippen LogP contribution in [-0.4, -0.2) is 18.7 Å². The number of carbonyl (C=O) groups is 1. The van der Waals surface area contributed by atoms with Crippen LogP contribution in [0.4, 0.5) is 4.79 Å². The normalized spacial score (nSPS) is 19.2. The van der Waals surface area contributed by atoms with Gasteiger partial charge >= 0.3 is 6.09 Å². The van der Waals surface area contributed by atoms with Crippen molar-refractivity contribution < 1.29 is 9.53 Å². The van der Waals surface area contributed by atoms with E-state index in [4.69, 9.17) is 4.74 Å². The van der Waals surface area contributed by atoms with Gasteiger partial charge in [0.2, 0.25) is 0 Å². The largest absolute Gasteiger partial charge is 0.447 e. The smallest absolute Gasteiger partial charge is 0.407 e. The van der Waals surface area contributed by atoms with Gasteiger partial charge in [-0.3, -0.25) is 0 Å². The molecule has 1 saturated heterocycles. The molecule has 1 N–H and O–H groups in total. The highest BCUT2D eigenvalue weighted by molar-refractivity contribution is 7.99. The molecule has 20 heavy (non-hydrogen) atoms. The molecular formula is C16H15NO2S. The molecule has 1 amide bonds. The molecule has 2 atom stereocenters. The molecule has 3 rings (SSSR count). The first-order chi connectivity index (χ1) is 9.83. The van der Waals surface area contributed by atoms with E-state index in [1.54, 1.807) is 11.8 Å². The average molecular weight is 285 g/mol. The summed E-state index contributed by atoms with van der Waals surface area (Å²) in [6.07, 6.45) is -0.329. The average Bonchev–Trinajstić information content (AvgIpc) is 2.93. The lowest BCUT2D eigenvalue weighted by atomic mass is 10.1. The Hall–Kier alpha value is -1.94. The maximum atomic E-state index is 11.3. The van der Waals surface area contributed by atoms with Crippen LogP contribution in [0.15, 0.2) is 65.6 Å². The van der Waals surface area contributed by atoms with Gasteiger partial charge in [-0.05, 0) is 17.7 Å². The molecule has 1 aliphatic heterocycles. The van der Waals surface area contributed by atoms with E-state index in [0.29, 0.717) is 6.61 Å². The second-order valence-electron chi connectivity index (χ2n) is 4.61. The molecule has 1 aliphatic rings. The fourth-order valence-electron chi connectivity index (χ4n) is 2.23. The molecule has 4 heteroatoms. The summed E-state index contributed by atoms with van der Waals surface area (Å²) >= 11 is 1.75. The van der Waals surface area contributed by atoms with Crippen molar-refractivity contribution in [2.24, 2.45) is 0 Å². The van der Waals surface area contributed by atoms with Gasteiger partial charge in [-0.2, -0.15) is 0 Å². The van der Waals surface area contributed by atoms with Crippen molar-refractivity contribution in [3.8, 4) is 0 Å². The number of hydrogen-bond donors (Lipinski definition) is 1. The third-order valence-corrected chi connectivity index (χ3v) is 4.60. The highest BCUT2D eigenvalue weighted by Gasteiger charge is 2.31. The number of rotatable bonds is 4. The molecule has 2 aromatic rings. The molecule has 1 heterocycles. The molecule has 0 aliphatic carbocycles. The lowest BCUT2D eigenvalue weighted by Gasteiger charge is -2.21. The number of carbonyl (C=O) groups excluding carboxylic acids is 1. The van der Waals surface area contributed by atoms with Crippen LogP contribution in [-0.2, 0) is 4.74 Å². The van der Waals surface area contributed by atoms with Crippen molar-refractivity contribution in [2.45, 2.75) is 16.2 Å². The Bertz CT molecular complexity index is 574. The van der Waals surface area contributed by atoms with Gasteiger partial charge in [0, 0.05) is 4.90 Å². The lowest BCUT2D eigenvalue weighted by molar-refractivity contribution is 0.176. The maximum absolute atomic E-state index is 11.3. The summed E-state index contributed by atoms with van der Waals surface area (Å²) in [4.78, 5) is 12.5. The standard InChI is InChI=1S/C16H15NO2S/c18-16-17-14(11-19-16)15(12-7-3-1-4-8-12)20-13-9-5-2-6-10-13/h1-10,14-15H,11H2,(H,17,18)/t14-,15+/m1/s1. The van der Waals surface area contributed by atoms with Crippen LogP contribution in [0.5, 0.6) is 0 Å². The minimum absolute atomic E-state index is 0.00453. The van der Waals surface area contributed by atoms with E-state index in [-0.39, 0.29) is 17.4 Å². The molecular weight excluding hydrogens is 270 g/mol. The molecule has 102 valence electrons. The summed E-state index contributed by atoms with van der Waals surface area (Å²) in [6.45, 7) is 0.415. The van der Waals surface area contributed by atoms with E-state index < -0.39 is 0 Å². The summed E-state index contributed by atoms with van der Waals surface area (Å²) in [6, 6.07) is 20.4. The molecule has 2 aromatic carbocycles. The van der Waals surface area contributed by atoms with Crippen LogP contribution in [0.25, 0.3) is 0 Å². The van der Waals surface area contributed by atoms with Crippen LogP contribution >= 0.6 is 11.8 Å². The third-order valence-electron chi connectivity index (χ3n) is 3.20. The Morgan fingerprint density at radius 2 is 1.70 bits per heavy atom. The number of cyclic esters (lactones) is 1. The van der Waals surface area contributed by atoms with E-state index in [0.717, 1.165) is 0 Å². The highest BCUT2D eigenvalue weighted by Crippen LogP contribution is 2.38. The van der Waals surface area contributed by atoms with Gasteiger partial charge in [0.25, 0.3) is 0 Å². The van der Waals surface area contributed by atoms with E-state index >= 15 is 0 Å². The Kier molecular flexibility index (Phi) is 3.92. The first kappa shape index (κ1) is 13.1. The number of hydrogen-bond acceptors (Lipinski definition) is 3. The van der Waals surface area contributed by atoms with Crippen molar-refractivity contribution >= 4 is 17.9 Å². The second kappa shape index (κ2) is 6.01. The molecule has 3 nitrogen and oxygen atoms in total. The summed E-state index contributed by atoms with van der Waals surface area (Å²) < 4.78 is 5.04. The fraction of sp³-hybridized carbons (Fsp3) is 0.188. The number of thioether (sulfide) groups is 1. The van der Waals surface area contributed by atoms with Gasteiger partial charge in [0.1, 0.15) is 6.61 Å². The van der Waals surface area contributed by atoms with Crippen LogP contribution in [0.3, 0.4) is 0 Å². The second-order valence-corrected chi connectivity index (χ2v) is 5.83. The maximum Gasteiger partial charge on any atom is 0.407 e. The Morgan fingerprint density at radius 3 is 2.30 bits per heavy atom. The van der Waals surface area contributed by atoms with Crippen molar-refractivity contribution in [2.75, 3.05) is 6.61 Å². The zero-order valence-electron chi connectivity index (χ0n) is 10.9. The minimum atomic E-state index is -0.329. The van der Waals surface area contributed by atoms with E-state index in [1.807, 2.05) is 36.4 Å². The summed E-state index contributed by atoms with van der Waals surface area (Å²) in [5.74, 6) is 0. The Morgan fingerprint density at radius 1 is 1.05 bits per heavy atom. The van der Waals surface area contributed by atoms with Crippen molar-refractivity contribution in [3.63, 3.8) is 0 Å². The Labute approximate surface area is 122 Å². The molecule has 1 fully saturated rings. The summed E-state index contributed by atoms with van der Waals surface area (Å²) in [5, 5.41) is 3.03. The summed E-state index contributed by atoms with van der Waals surface area (Å²) in [5.41, 5.74) is 1.19. The molecule has 0 aromatic heterocycles. The minimum Gasteiger partial charge on any atom is -0.447 e. The van der Waals surface area contributed by atoms with Crippen molar-refractivity contribution in [1.29, 1.82) is 0 Å². The van der Waals surface area contributed by atoms with Gasteiger partial charge in [-0.15, -0.1) is 11.8 Å². The number of benzene rings is 2. The van der Waals surface area contributed by atoms with Crippen LogP contribution in [0, 0.1) is 0 Å². The van der Waals surface area contributed by atoms with Gasteiger partial charge in [-0.1, -0.05) is 48.5 Å². The molecule has 0 radical (unpaired) electrons. The zero-order valence-corrected chi connectivity index (χ0v) is 11.7. The van der Waals surface area contributed by atoms with Crippen molar-refractivity contribution in [1.82, 2.24) is 5.32 Å². The van der Waals surface area contributed by atoms with E-state index in [1.165, 1.54) is 10.5 Å². The quantitative estimate of drug-likeness (QED) is 0.872. The van der Waals surface area contributed by atoms with E-state index in [2.05, 4.69) is 29.6 Å². The number of amides is 1. The van der Waals surface area contributed by atoms with Crippen LogP contribution in [0.2, 0.25) is 0 Å². The van der Waals surface area contributed by atoms with Gasteiger partial charge in [-0.25, -0.2) is 4.79 Å². The van der Waals surface area contributed by atoms with Gasteiger partial charge in [0.05, 0.1) is 11.3 Å². The third kappa shape index (κ3) is 2.96. The molecule has 0 bridgehead atoms. The molecule has 0 saturated carbocycles. The predicted molar refractivity (Wildman–Crippen MR) is 79.8 cm³/mol. The lowest BCUT2D eigenvalue weighted by Crippen LogP contribution is -2.31. The number of nitrogens with one attached hydrogen (secondary N) is 1. The SMILES string of the molecule is O=C1N[C@@H]([C@@H](Sc2ccccc2)c2ccccc2)CO1. The topological polar surface area (TPSA) is 38.3 Å². The van der Waals surface area contributed by atoms with Gasteiger partial charge < -0.3 is 10.1 Å². The summed E-state index contributed by atoms with van der Waals surface area (Å²) in [7, 11) is 0. The molecule has 0 spiro atoms. The monoisotopic (exact) mass is 285 g/mol. The van der Waals surface area contributed by atoms with E-state index in [9.17, 15) is 4.79 Å². The molecule has 0 unspecified atom stereocenters.